The van der Waals surface area contributed by atoms with Crippen LogP contribution in [0.15, 0.2) is 16.5 Å². The largest absolute Gasteiger partial charge is 0.364 e. The normalized spacial score (nSPS) is 15.0. The van der Waals surface area contributed by atoms with Crippen molar-refractivity contribution in [3.05, 3.63) is 11.5 Å². The molecule has 0 N–H and O–H groups in total. The molecule has 0 unspecified atom stereocenters. The number of carbonyl (C=O) groups is 1. The number of nitrogens with zero attached hydrogens (tertiary/aromatic N) is 2. The Morgan fingerprint density at radius 3 is 3.10 bits per heavy atom. The van der Waals surface area contributed by atoms with E-state index in [-0.39, 0.29) is 0 Å². The van der Waals surface area contributed by atoms with Gasteiger partial charge in [-0.25, -0.2) is 9.59 Å². The van der Waals surface area contributed by atoms with E-state index in [9.17, 15) is 9.59 Å². The van der Waals surface area contributed by atoms with E-state index in [1.165, 1.54) is 22.3 Å². The number of aliphatic imine (C=N–C) groups is 1. The third kappa shape index (κ3) is 1.46. The molecule has 2 amide bonds. The maximum absolute atomic E-state index is 10.7. The van der Waals surface area contributed by atoms with Crippen molar-refractivity contribution in [2.75, 3.05) is 6.54 Å². The molecule has 0 aromatic heterocycles. The summed E-state index contributed by atoms with van der Waals surface area (Å²) >= 11 is 1.22. The van der Waals surface area contributed by atoms with Crippen molar-refractivity contribution in [2.45, 2.75) is 0 Å². The molecule has 0 radical (unpaired) electrons. The monoisotopic (exact) mass is 156 g/mol. The number of urea groups is 1. The predicted octanol–water partition coefficient (Wildman–Crippen LogP) is 0.920. The second-order valence-electron chi connectivity index (χ2n) is 1.52. The molecule has 52 valence electrons. The standard InChI is InChI=1S/C5H4N2O2S/c8-4-6-5(9)7-2-1-3-10-7/h1,3H,2H2. The van der Waals surface area contributed by atoms with Crippen molar-refractivity contribution in [3.8, 4) is 0 Å². The molecule has 4 nitrogen and oxygen atoms in total. The fourth-order valence-corrected chi connectivity index (χ4v) is 1.14. The molecule has 0 fully saturated rings. The minimum Gasteiger partial charge on any atom is -0.258 e. The van der Waals surface area contributed by atoms with Crippen LogP contribution in [0.4, 0.5) is 4.79 Å². The number of carbonyl (C=O) groups excluding carboxylic acids is 2. The second-order valence-corrected chi connectivity index (χ2v) is 2.45. The average Bonchev–Trinajstić information content (AvgIpc) is 2.38. The summed E-state index contributed by atoms with van der Waals surface area (Å²) in [5, 5.41) is 1.76. The van der Waals surface area contributed by atoms with E-state index in [0.717, 1.165) is 0 Å². The van der Waals surface area contributed by atoms with Crippen LogP contribution in [-0.2, 0) is 4.79 Å². The van der Waals surface area contributed by atoms with Gasteiger partial charge < -0.3 is 0 Å². The smallest absolute Gasteiger partial charge is 0.258 e. The number of isocyanates is 1. The van der Waals surface area contributed by atoms with Crippen LogP contribution in [0, 0.1) is 0 Å². The van der Waals surface area contributed by atoms with Crippen molar-refractivity contribution in [1.29, 1.82) is 0 Å². The molecular weight excluding hydrogens is 152 g/mol. The molecule has 0 aliphatic carbocycles. The van der Waals surface area contributed by atoms with Gasteiger partial charge in [-0.05, 0) is 17.4 Å². The minimum absolute atomic E-state index is 0.509. The first-order valence-electron chi connectivity index (χ1n) is 2.56. The molecule has 0 bridgehead atoms. The minimum atomic E-state index is -0.551. The van der Waals surface area contributed by atoms with Gasteiger partial charge in [0.25, 0.3) is 0 Å². The highest BCUT2D eigenvalue weighted by Crippen LogP contribution is 2.18. The summed E-state index contributed by atoms with van der Waals surface area (Å²) < 4.78 is 1.35. The molecular formula is C5H4N2O2S. The maximum atomic E-state index is 10.7. The van der Waals surface area contributed by atoms with Crippen molar-refractivity contribution in [1.82, 2.24) is 4.31 Å². The van der Waals surface area contributed by atoms with E-state index >= 15 is 0 Å². The van der Waals surface area contributed by atoms with E-state index < -0.39 is 6.03 Å². The van der Waals surface area contributed by atoms with Gasteiger partial charge in [-0.3, -0.25) is 4.31 Å². The van der Waals surface area contributed by atoms with Crippen LogP contribution >= 0.6 is 11.9 Å². The molecule has 1 aliphatic rings. The number of amides is 2. The van der Waals surface area contributed by atoms with Gasteiger partial charge in [0.05, 0.1) is 6.54 Å². The van der Waals surface area contributed by atoms with Crippen LogP contribution < -0.4 is 0 Å². The van der Waals surface area contributed by atoms with E-state index in [1.807, 2.05) is 6.08 Å². The zero-order valence-corrected chi connectivity index (χ0v) is 5.80. The number of hydrogen-bond acceptors (Lipinski definition) is 3. The zero-order chi connectivity index (χ0) is 7.40. The van der Waals surface area contributed by atoms with Crippen LogP contribution in [-0.4, -0.2) is 23.0 Å². The van der Waals surface area contributed by atoms with E-state index in [2.05, 4.69) is 4.99 Å². The SMILES string of the molecule is O=C=NC(=O)N1CC=CS1. The van der Waals surface area contributed by atoms with Crippen LogP contribution in [0.1, 0.15) is 0 Å². The topological polar surface area (TPSA) is 49.7 Å². The lowest BCUT2D eigenvalue weighted by molar-refractivity contribution is 0.238. The summed E-state index contributed by atoms with van der Waals surface area (Å²) in [5.41, 5.74) is 0. The highest BCUT2D eigenvalue weighted by atomic mass is 32.2. The van der Waals surface area contributed by atoms with Crippen molar-refractivity contribution < 1.29 is 9.59 Å². The Bertz CT molecular complexity index is 212. The third-order valence-corrected chi connectivity index (χ3v) is 1.78. The summed E-state index contributed by atoms with van der Waals surface area (Å²) in [7, 11) is 0. The summed E-state index contributed by atoms with van der Waals surface area (Å²) in [4.78, 5) is 23.2. The number of hydrogen-bond donors (Lipinski definition) is 0. The second kappa shape index (κ2) is 3.20. The quantitative estimate of drug-likeness (QED) is 0.297. The summed E-state index contributed by atoms with van der Waals surface area (Å²) in [5.74, 6) is 0. The zero-order valence-electron chi connectivity index (χ0n) is 4.98. The lowest BCUT2D eigenvalue weighted by Gasteiger charge is -2.06. The number of rotatable bonds is 0. The first kappa shape index (κ1) is 7.05. The molecule has 0 saturated heterocycles. The molecule has 0 saturated carbocycles. The van der Waals surface area contributed by atoms with Gasteiger partial charge >= 0.3 is 6.03 Å². The van der Waals surface area contributed by atoms with Gasteiger partial charge in [0.15, 0.2) is 0 Å². The molecule has 1 heterocycles. The van der Waals surface area contributed by atoms with Gasteiger partial charge in [-0.15, -0.1) is 4.99 Å². The molecule has 1 aliphatic heterocycles. The predicted molar refractivity (Wildman–Crippen MR) is 37.0 cm³/mol. The van der Waals surface area contributed by atoms with Crippen LogP contribution in [0.3, 0.4) is 0 Å². The first-order chi connectivity index (χ1) is 4.84. The van der Waals surface area contributed by atoms with Gasteiger partial charge in [-0.2, -0.15) is 0 Å². The van der Waals surface area contributed by atoms with Gasteiger partial charge in [-0.1, -0.05) is 6.08 Å². The Morgan fingerprint density at radius 2 is 2.60 bits per heavy atom. The fourth-order valence-electron chi connectivity index (χ4n) is 0.516. The van der Waals surface area contributed by atoms with Crippen molar-refractivity contribution in [2.24, 2.45) is 4.99 Å². The lowest BCUT2D eigenvalue weighted by Crippen LogP contribution is -2.17. The molecule has 0 aromatic rings. The Balaban J connectivity index is 2.50. The lowest BCUT2D eigenvalue weighted by atomic mass is 10.6. The van der Waals surface area contributed by atoms with Crippen LogP contribution in [0.5, 0.6) is 0 Å². The molecule has 10 heavy (non-hydrogen) atoms. The van der Waals surface area contributed by atoms with Crippen molar-refractivity contribution >= 4 is 24.1 Å². The van der Waals surface area contributed by atoms with Crippen LogP contribution in [0.25, 0.3) is 0 Å². The molecule has 0 atom stereocenters. The molecule has 0 spiro atoms. The highest BCUT2D eigenvalue weighted by molar-refractivity contribution is 8.00. The van der Waals surface area contributed by atoms with Gasteiger partial charge in [0, 0.05) is 0 Å². The third-order valence-electron chi connectivity index (χ3n) is 0.910. The van der Waals surface area contributed by atoms with E-state index in [4.69, 9.17) is 0 Å². The van der Waals surface area contributed by atoms with E-state index in [1.54, 1.807) is 5.41 Å². The van der Waals surface area contributed by atoms with Gasteiger partial charge in [0.1, 0.15) is 0 Å². The summed E-state index contributed by atoms with van der Waals surface area (Å²) in [6.45, 7) is 0.509. The molecule has 0 aromatic carbocycles. The average molecular weight is 156 g/mol. The van der Waals surface area contributed by atoms with Crippen LogP contribution in [0.2, 0.25) is 0 Å². The first-order valence-corrected chi connectivity index (χ1v) is 3.39. The van der Waals surface area contributed by atoms with E-state index in [0.29, 0.717) is 6.54 Å². The molecule has 5 heteroatoms. The highest BCUT2D eigenvalue weighted by Gasteiger charge is 2.13. The Kier molecular flexibility index (Phi) is 2.25. The Labute approximate surface area is 61.7 Å². The fraction of sp³-hybridized carbons (Fsp3) is 0.200. The van der Waals surface area contributed by atoms with Gasteiger partial charge in [0.2, 0.25) is 6.08 Å². The van der Waals surface area contributed by atoms with Crippen molar-refractivity contribution in [3.63, 3.8) is 0 Å². The maximum Gasteiger partial charge on any atom is 0.364 e. The molecule has 1 rings (SSSR count). The Morgan fingerprint density at radius 1 is 1.80 bits per heavy atom. The summed E-state index contributed by atoms with van der Waals surface area (Å²) in [6.07, 6.45) is 3.00. The Hall–Kier alpha value is -1.06. The summed E-state index contributed by atoms with van der Waals surface area (Å²) in [6, 6.07) is -0.551.